The number of imidazole rings is 1. The average Bonchev–Trinajstić information content (AvgIpc) is 3.08. The highest BCUT2D eigenvalue weighted by Gasteiger charge is 2.21. The van der Waals surface area contributed by atoms with Gasteiger partial charge in [-0.2, -0.15) is 5.26 Å². The lowest BCUT2D eigenvalue weighted by Gasteiger charge is -2.22. The normalized spacial score (nSPS) is 12.2. The summed E-state index contributed by atoms with van der Waals surface area (Å²) in [5.41, 5.74) is 6.67. The molecule has 1 atom stereocenters. The van der Waals surface area contributed by atoms with Gasteiger partial charge in [0.1, 0.15) is 11.9 Å². The third-order valence-electron chi connectivity index (χ3n) is 5.24. The fraction of sp³-hybridized carbons (Fsp3) is 0.217. The molecule has 0 radical (unpaired) electrons. The quantitative estimate of drug-likeness (QED) is 0.533. The van der Waals surface area contributed by atoms with E-state index in [0.29, 0.717) is 5.56 Å². The molecule has 0 aliphatic rings. The van der Waals surface area contributed by atoms with Gasteiger partial charge in [-0.05, 0) is 49.1 Å². The van der Waals surface area contributed by atoms with Gasteiger partial charge >= 0.3 is 0 Å². The van der Waals surface area contributed by atoms with Gasteiger partial charge in [-0.3, -0.25) is 4.40 Å². The first kappa shape index (κ1) is 17.1. The standard InChI is InChI=1S/C23H22N4/c1-4-18-15(2)19(14-24)23-26-20-12-8-9-13-21(20)27(23)22(18)25-16(3)17-10-6-5-7-11-17/h5-13,16,25H,4H2,1-3H3/t16-/m1/s1. The Bertz CT molecular complexity index is 1170. The number of hydrogen-bond acceptors (Lipinski definition) is 3. The minimum atomic E-state index is 0.133. The molecule has 4 rings (SSSR count). The number of benzene rings is 2. The fourth-order valence-electron chi connectivity index (χ4n) is 3.80. The molecule has 0 fully saturated rings. The number of anilines is 1. The van der Waals surface area contributed by atoms with E-state index < -0.39 is 0 Å². The molecule has 1 N–H and O–H groups in total. The first-order valence-corrected chi connectivity index (χ1v) is 9.30. The molecule has 4 nitrogen and oxygen atoms in total. The molecule has 0 saturated carbocycles. The summed E-state index contributed by atoms with van der Waals surface area (Å²) in [5.74, 6) is 1.02. The molecule has 0 spiro atoms. The highest BCUT2D eigenvalue weighted by atomic mass is 15.1. The van der Waals surface area contributed by atoms with Crippen LogP contribution >= 0.6 is 0 Å². The fourth-order valence-corrected chi connectivity index (χ4v) is 3.80. The summed E-state index contributed by atoms with van der Waals surface area (Å²) in [5, 5.41) is 13.5. The van der Waals surface area contributed by atoms with Crippen molar-refractivity contribution in [1.29, 1.82) is 5.26 Å². The van der Waals surface area contributed by atoms with Crippen molar-refractivity contribution in [2.24, 2.45) is 0 Å². The van der Waals surface area contributed by atoms with Crippen LogP contribution < -0.4 is 5.32 Å². The van der Waals surface area contributed by atoms with Crippen LogP contribution in [0, 0.1) is 18.3 Å². The number of para-hydroxylation sites is 2. The van der Waals surface area contributed by atoms with Crippen LogP contribution in [0.4, 0.5) is 5.82 Å². The van der Waals surface area contributed by atoms with Crippen molar-refractivity contribution in [2.75, 3.05) is 5.32 Å². The van der Waals surface area contributed by atoms with E-state index >= 15 is 0 Å². The van der Waals surface area contributed by atoms with E-state index in [4.69, 9.17) is 4.98 Å². The van der Waals surface area contributed by atoms with E-state index in [1.165, 1.54) is 5.56 Å². The number of nitrogens with one attached hydrogen (secondary N) is 1. The number of nitriles is 1. The predicted octanol–water partition coefficient (Wildman–Crippen LogP) is 5.40. The minimum absolute atomic E-state index is 0.133. The second-order valence-corrected chi connectivity index (χ2v) is 6.83. The molecule has 0 aliphatic heterocycles. The van der Waals surface area contributed by atoms with Gasteiger partial charge in [0.15, 0.2) is 5.65 Å². The molecule has 4 heteroatoms. The molecule has 0 amide bonds. The van der Waals surface area contributed by atoms with E-state index in [-0.39, 0.29) is 6.04 Å². The number of pyridine rings is 1. The van der Waals surface area contributed by atoms with Crippen molar-refractivity contribution in [3.8, 4) is 6.07 Å². The molecular weight excluding hydrogens is 332 g/mol. The molecule has 2 aromatic heterocycles. The van der Waals surface area contributed by atoms with Crippen LogP contribution in [0.1, 0.15) is 42.1 Å². The van der Waals surface area contributed by atoms with Gasteiger partial charge in [0.25, 0.3) is 0 Å². The number of aromatic nitrogens is 2. The van der Waals surface area contributed by atoms with Crippen molar-refractivity contribution < 1.29 is 0 Å². The molecule has 4 aromatic rings. The summed E-state index contributed by atoms with van der Waals surface area (Å²) in [7, 11) is 0. The lowest BCUT2D eigenvalue weighted by Crippen LogP contribution is -2.14. The van der Waals surface area contributed by atoms with Crippen LogP contribution in [0.25, 0.3) is 16.7 Å². The van der Waals surface area contributed by atoms with Crippen LogP contribution in [-0.4, -0.2) is 9.38 Å². The van der Waals surface area contributed by atoms with Gasteiger partial charge in [-0.1, -0.05) is 49.4 Å². The molecule has 0 saturated heterocycles. The van der Waals surface area contributed by atoms with Crippen molar-refractivity contribution in [1.82, 2.24) is 9.38 Å². The van der Waals surface area contributed by atoms with Crippen LogP contribution in [0.15, 0.2) is 54.6 Å². The molecule has 27 heavy (non-hydrogen) atoms. The van der Waals surface area contributed by atoms with Gasteiger partial charge in [-0.25, -0.2) is 4.98 Å². The van der Waals surface area contributed by atoms with E-state index in [2.05, 4.69) is 60.0 Å². The zero-order valence-corrected chi connectivity index (χ0v) is 15.8. The van der Waals surface area contributed by atoms with E-state index in [1.807, 2.05) is 31.2 Å². The Morgan fingerprint density at radius 3 is 2.52 bits per heavy atom. The van der Waals surface area contributed by atoms with Crippen LogP contribution in [0.3, 0.4) is 0 Å². The van der Waals surface area contributed by atoms with E-state index in [1.54, 1.807) is 0 Å². The first-order valence-electron chi connectivity index (χ1n) is 9.30. The van der Waals surface area contributed by atoms with Gasteiger partial charge in [0, 0.05) is 6.04 Å². The van der Waals surface area contributed by atoms with E-state index in [0.717, 1.165) is 40.0 Å². The molecule has 2 heterocycles. The topological polar surface area (TPSA) is 53.1 Å². The largest absolute Gasteiger partial charge is 0.364 e. The minimum Gasteiger partial charge on any atom is -0.364 e. The summed E-state index contributed by atoms with van der Waals surface area (Å²) in [4.78, 5) is 4.76. The summed E-state index contributed by atoms with van der Waals surface area (Å²) < 4.78 is 2.11. The van der Waals surface area contributed by atoms with Crippen molar-refractivity contribution in [3.63, 3.8) is 0 Å². The Morgan fingerprint density at radius 2 is 1.81 bits per heavy atom. The monoisotopic (exact) mass is 354 g/mol. The highest BCUT2D eigenvalue weighted by molar-refractivity contribution is 5.86. The smallest absolute Gasteiger partial charge is 0.157 e. The summed E-state index contributed by atoms with van der Waals surface area (Å²) >= 11 is 0. The lowest BCUT2D eigenvalue weighted by atomic mass is 10.0. The number of hydrogen-bond donors (Lipinski definition) is 1. The third kappa shape index (κ3) is 2.72. The Labute approximate surface area is 159 Å². The molecule has 134 valence electrons. The van der Waals surface area contributed by atoms with Crippen LogP contribution in [0.5, 0.6) is 0 Å². The summed E-state index contributed by atoms with van der Waals surface area (Å²) in [6, 6.07) is 21.0. The zero-order chi connectivity index (χ0) is 19.0. The van der Waals surface area contributed by atoms with Gasteiger partial charge in [0.05, 0.1) is 16.6 Å². The van der Waals surface area contributed by atoms with Crippen molar-refractivity contribution >= 4 is 22.5 Å². The number of rotatable bonds is 4. The second-order valence-electron chi connectivity index (χ2n) is 6.83. The van der Waals surface area contributed by atoms with Crippen LogP contribution in [0.2, 0.25) is 0 Å². The molecule has 0 unspecified atom stereocenters. The van der Waals surface area contributed by atoms with Crippen molar-refractivity contribution in [2.45, 2.75) is 33.2 Å². The first-order chi connectivity index (χ1) is 13.2. The Kier molecular flexibility index (Phi) is 4.29. The third-order valence-corrected chi connectivity index (χ3v) is 5.24. The Morgan fingerprint density at radius 1 is 1.11 bits per heavy atom. The summed E-state index contributed by atoms with van der Waals surface area (Å²) in [6.45, 7) is 6.31. The average molecular weight is 354 g/mol. The lowest BCUT2D eigenvalue weighted by molar-refractivity contribution is 0.860. The molecule has 2 aromatic carbocycles. The van der Waals surface area contributed by atoms with E-state index in [9.17, 15) is 5.26 Å². The van der Waals surface area contributed by atoms with Crippen molar-refractivity contribution in [3.05, 3.63) is 76.9 Å². The number of fused-ring (bicyclic) bond motifs is 3. The molecule has 0 aliphatic carbocycles. The zero-order valence-electron chi connectivity index (χ0n) is 15.8. The highest BCUT2D eigenvalue weighted by Crippen LogP contribution is 2.33. The SMILES string of the molecule is CCc1c(C)c(C#N)c2nc3ccccc3n2c1N[C@H](C)c1ccccc1. The molecular formula is C23H22N4. The Hall–Kier alpha value is -3.32. The Balaban J connectivity index is 2.02. The maximum Gasteiger partial charge on any atom is 0.157 e. The number of nitrogens with zero attached hydrogens (tertiary/aromatic N) is 3. The van der Waals surface area contributed by atoms with Crippen LogP contribution in [-0.2, 0) is 6.42 Å². The van der Waals surface area contributed by atoms with Gasteiger partial charge < -0.3 is 5.32 Å². The summed E-state index contributed by atoms with van der Waals surface area (Å²) in [6.07, 6.45) is 0.840. The second kappa shape index (κ2) is 6.77. The maximum atomic E-state index is 9.79. The van der Waals surface area contributed by atoms with Gasteiger partial charge in [-0.15, -0.1) is 0 Å². The predicted molar refractivity (Wildman–Crippen MR) is 110 cm³/mol. The maximum absolute atomic E-state index is 9.79. The van der Waals surface area contributed by atoms with Gasteiger partial charge in [0.2, 0.25) is 0 Å². The molecule has 0 bridgehead atoms.